The van der Waals surface area contributed by atoms with Crippen molar-refractivity contribution in [2.24, 2.45) is 5.92 Å². The van der Waals surface area contributed by atoms with E-state index in [1.165, 1.54) is 6.42 Å². The van der Waals surface area contributed by atoms with Gasteiger partial charge < -0.3 is 15.1 Å². The van der Waals surface area contributed by atoms with Crippen LogP contribution in [0.5, 0.6) is 0 Å². The predicted molar refractivity (Wildman–Crippen MR) is 100 cm³/mol. The molecule has 2 atom stereocenters. The predicted octanol–water partition coefficient (Wildman–Crippen LogP) is 2.23. The molecule has 148 valence electrons. The van der Waals surface area contributed by atoms with E-state index in [0.717, 1.165) is 37.9 Å². The van der Waals surface area contributed by atoms with E-state index >= 15 is 0 Å². The molecule has 1 heterocycles. The molecule has 8 heteroatoms. The van der Waals surface area contributed by atoms with Gasteiger partial charge in [-0.1, -0.05) is 19.3 Å². The number of aliphatic hydroxyl groups excluding tert-OH is 1. The summed E-state index contributed by atoms with van der Waals surface area (Å²) in [4.78, 5) is 36.1. The number of carboxylic acids is 1. The van der Waals surface area contributed by atoms with Gasteiger partial charge in [0, 0.05) is 12.3 Å². The molecule has 0 aromatic heterocycles. The van der Waals surface area contributed by atoms with Gasteiger partial charge in [0.1, 0.15) is 6.04 Å². The van der Waals surface area contributed by atoms with Crippen LogP contribution in [-0.4, -0.2) is 63.2 Å². The summed E-state index contributed by atoms with van der Waals surface area (Å²) in [5, 5.41) is 21.4. The van der Waals surface area contributed by atoms with E-state index in [-0.39, 0.29) is 18.4 Å². The third-order valence-electron chi connectivity index (χ3n) is 5.26. The molecular formula is C18H30N2O5S. The third-order valence-corrected chi connectivity index (χ3v) is 6.33. The third kappa shape index (κ3) is 6.46. The summed E-state index contributed by atoms with van der Waals surface area (Å²) in [7, 11) is 0. The number of nitrogens with one attached hydrogen (secondary N) is 1. The van der Waals surface area contributed by atoms with Crippen molar-refractivity contribution < 1.29 is 24.6 Å². The summed E-state index contributed by atoms with van der Waals surface area (Å²) in [5.41, 5.74) is 0. The summed E-state index contributed by atoms with van der Waals surface area (Å²) in [5.74, 6) is 0.569. The Kier molecular flexibility index (Phi) is 8.71. The number of aliphatic hydroxyl groups is 1. The maximum atomic E-state index is 12.0. The van der Waals surface area contributed by atoms with Crippen LogP contribution in [0, 0.1) is 5.92 Å². The first-order valence-corrected chi connectivity index (χ1v) is 10.7. The van der Waals surface area contributed by atoms with E-state index in [0.29, 0.717) is 31.1 Å². The average Bonchev–Trinajstić information content (AvgIpc) is 2.89. The van der Waals surface area contributed by atoms with Crippen LogP contribution in [0.1, 0.15) is 57.8 Å². The average molecular weight is 387 g/mol. The number of carbonyl (C=O) groups excluding carboxylic acids is 2. The Morgan fingerprint density at radius 3 is 2.65 bits per heavy atom. The number of rotatable bonds is 11. The van der Waals surface area contributed by atoms with Crippen LogP contribution in [0.2, 0.25) is 0 Å². The standard InChI is InChI=1S/C18H30N2O5S/c21-15(13-5-2-1-3-6-13)8-10-20-14(17(24)19-18(20)25)7-4-11-26-12-9-16(22)23/h13-15,21H,1-12H2,(H,22,23)(H,19,24,25)/t14-,15+/m0/s1. The zero-order valence-corrected chi connectivity index (χ0v) is 16.0. The molecule has 1 saturated heterocycles. The second kappa shape index (κ2) is 10.8. The van der Waals surface area contributed by atoms with Crippen molar-refractivity contribution in [2.45, 2.75) is 69.9 Å². The van der Waals surface area contributed by atoms with Gasteiger partial charge in [-0.05, 0) is 43.8 Å². The van der Waals surface area contributed by atoms with Crippen LogP contribution < -0.4 is 5.32 Å². The fourth-order valence-electron chi connectivity index (χ4n) is 3.75. The van der Waals surface area contributed by atoms with Gasteiger partial charge in [0.2, 0.25) is 0 Å². The topological polar surface area (TPSA) is 107 Å². The van der Waals surface area contributed by atoms with Crippen LogP contribution >= 0.6 is 11.8 Å². The summed E-state index contributed by atoms with van der Waals surface area (Å²) < 4.78 is 0. The molecule has 2 aliphatic rings. The van der Waals surface area contributed by atoms with Gasteiger partial charge in [-0.25, -0.2) is 4.79 Å². The molecule has 3 amide bonds. The minimum Gasteiger partial charge on any atom is -0.481 e. The van der Waals surface area contributed by atoms with Crippen molar-refractivity contribution in [3.8, 4) is 0 Å². The number of carboxylic acid groups (broad SMARTS) is 1. The van der Waals surface area contributed by atoms with Gasteiger partial charge in [-0.15, -0.1) is 0 Å². The largest absolute Gasteiger partial charge is 0.481 e. The van der Waals surface area contributed by atoms with E-state index < -0.39 is 18.1 Å². The normalized spacial score (nSPS) is 22.5. The molecule has 2 rings (SSSR count). The molecule has 0 spiro atoms. The first kappa shape index (κ1) is 21.0. The zero-order chi connectivity index (χ0) is 18.9. The second-order valence-electron chi connectivity index (χ2n) is 7.16. The maximum Gasteiger partial charge on any atom is 0.324 e. The lowest BCUT2D eigenvalue weighted by Gasteiger charge is -2.29. The fourth-order valence-corrected chi connectivity index (χ4v) is 4.65. The van der Waals surface area contributed by atoms with Crippen molar-refractivity contribution in [1.29, 1.82) is 0 Å². The van der Waals surface area contributed by atoms with Crippen molar-refractivity contribution in [3.05, 3.63) is 0 Å². The molecule has 0 bridgehead atoms. The van der Waals surface area contributed by atoms with Crippen molar-refractivity contribution in [1.82, 2.24) is 10.2 Å². The van der Waals surface area contributed by atoms with E-state index in [4.69, 9.17) is 5.11 Å². The molecule has 3 N–H and O–H groups in total. The van der Waals surface area contributed by atoms with E-state index in [2.05, 4.69) is 5.32 Å². The van der Waals surface area contributed by atoms with Gasteiger partial charge >= 0.3 is 12.0 Å². The second-order valence-corrected chi connectivity index (χ2v) is 8.38. The molecule has 1 saturated carbocycles. The minimum absolute atomic E-state index is 0.137. The molecule has 0 unspecified atom stereocenters. The highest BCUT2D eigenvalue weighted by Crippen LogP contribution is 2.28. The Balaban J connectivity index is 1.73. The van der Waals surface area contributed by atoms with Crippen molar-refractivity contribution in [2.75, 3.05) is 18.1 Å². The van der Waals surface area contributed by atoms with E-state index in [1.807, 2.05) is 0 Å². The number of carbonyl (C=O) groups is 3. The number of thioether (sulfide) groups is 1. The molecule has 0 aromatic carbocycles. The lowest BCUT2D eigenvalue weighted by atomic mass is 9.84. The highest BCUT2D eigenvalue weighted by atomic mass is 32.2. The van der Waals surface area contributed by atoms with Gasteiger partial charge in [0.15, 0.2) is 0 Å². The van der Waals surface area contributed by atoms with Gasteiger partial charge in [-0.2, -0.15) is 11.8 Å². The van der Waals surface area contributed by atoms with Gasteiger partial charge in [0.05, 0.1) is 12.5 Å². The Labute approximate surface area is 158 Å². The van der Waals surface area contributed by atoms with E-state index in [9.17, 15) is 19.5 Å². The first-order chi connectivity index (χ1) is 12.5. The monoisotopic (exact) mass is 386 g/mol. The Hall–Kier alpha value is -1.28. The summed E-state index contributed by atoms with van der Waals surface area (Å²) in [6, 6.07) is -0.837. The molecule has 0 radical (unpaired) electrons. The first-order valence-electron chi connectivity index (χ1n) is 9.58. The quantitative estimate of drug-likeness (QED) is 0.371. The van der Waals surface area contributed by atoms with Crippen LogP contribution in [0.4, 0.5) is 4.79 Å². The van der Waals surface area contributed by atoms with Crippen LogP contribution in [-0.2, 0) is 9.59 Å². The number of hydrogen-bond donors (Lipinski definition) is 3. The zero-order valence-electron chi connectivity index (χ0n) is 15.2. The number of nitrogens with zero attached hydrogens (tertiary/aromatic N) is 1. The highest BCUT2D eigenvalue weighted by molar-refractivity contribution is 7.99. The number of aliphatic carboxylic acids is 1. The Bertz CT molecular complexity index is 496. The van der Waals surface area contributed by atoms with Crippen molar-refractivity contribution >= 4 is 29.7 Å². The van der Waals surface area contributed by atoms with Crippen molar-refractivity contribution in [3.63, 3.8) is 0 Å². The SMILES string of the molecule is O=C(O)CCSCCC[C@H]1C(=O)NC(=O)N1CC[C@@H](O)C1CCCCC1. The molecule has 7 nitrogen and oxygen atoms in total. The summed E-state index contributed by atoms with van der Waals surface area (Å²) >= 11 is 1.55. The molecule has 0 aromatic rings. The number of amides is 3. The Morgan fingerprint density at radius 2 is 1.96 bits per heavy atom. The maximum absolute atomic E-state index is 12.0. The van der Waals surface area contributed by atoms with Crippen LogP contribution in [0.25, 0.3) is 0 Å². The summed E-state index contributed by atoms with van der Waals surface area (Å²) in [6.07, 6.45) is 7.19. The fraction of sp³-hybridized carbons (Fsp3) is 0.833. The molecule has 26 heavy (non-hydrogen) atoms. The number of imide groups is 1. The smallest absolute Gasteiger partial charge is 0.324 e. The highest BCUT2D eigenvalue weighted by Gasteiger charge is 2.38. The molecular weight excluding hydrogens is 356 g/mol. The molecule has 1 aliphatic carbocycles. The lowest BCUT2D eigenvalue weighted by molar-refractivity contribution is -0.136. The minimum atomic E-state index is -0.805. The number of urea groups is 1. The van der Waals surface area contributed by atoms with Gasteiger partial charge in [-0.3, -0.25) is 14.9 Å². The summed E-state index contributed by atoms with van der Waals surface area (Å²) in [6.45, 7) is 0.395. The van der Waals surface area contributed by atoms with Gasteiger partial charge in [0.25, 0.3) is 5.91 Å². The Morgan fingerprint density at radius 1 is 1.23 bits per heavy atom. The molecule has 1 aliphatic heterocycles. The number of hydrogen-bond acceptors (Lipinski definition) is 5. The molecule has 2 fully saturated rings. The van der Waals surface area contributed by atoms with E-state index in [1.54, 1.807) is 16.7 Å². The van der Waals surface area contributed by atoms with Crippen LogP contribution in [0.3, 0.4) is 0 Å². The van der Waals surface area contributed by atoms with Crippen LogP contribution in [0.15, 0.2) is 0 Å². The lowest BCUT2D eigenvalue weighted by Crippen LogP contribution is -2.38.